The molecule has 0 bridgehead atoms. The fraction of sp³-hybridized carbons (Fsp3) is 0.0833. The Bertz CT molecular complexity index is 1170. The zero-order valence-electron chi connectivity index (χ0n) is 17.5. The number of phenolic OH excluding ortho intramolecular Hbond substituents is 1. The summed E-state index contributed by atoms with van der Waals surface area (Å²) < 4.78 is 0. The highest BCUT2D eigenvalue weighted by Gasteiger charge is 2.21. The number of aromatic hydroxyl groups is 1. The number of nitro groups is 1. The van der Waals surface area contributed by atoms with Crippen molar-refractivity contribution in [2.75, 3.05) is 10.6 Å². The molecule has 0 unspecified atom stereocenters. The van der Waals surface area contributed by atoms with E-state index in [9.17, 15) is 24.8 Å². The third kappa shape index (κ3) is 5.17. The lowest BCUT2D eigenvalue weighted by molar-refractivity contribution is -0.385. The van der Waals surface area contributed by atoms with Crippen LogP contribution in [0.2, 0.25) is 0 Å². The summed E-state index contributed by atoms with van der Waals surface area (Å²) in [4.78, 5) is 36.5. The van der Waals surface area contributed by atoms with Crippen LogP contribution in [-0.4, -0.2) is 21.8 Å². The molecule has 0 aliphatic heterocycles. The summed E-state index contributed by atoms with van der Waals surface area (Å²) in [5.74, 6) is -1.87. The Balaban J connectivity index is 2.01. The van der Waals surface area contributed by atoms with Crippen molar-refractivity contribution in [2.24, 2.45) is 0 Å². The summed E-state index contributed by atoms with van der Waals surface area (Å²) in [5.41, 5.74) is 2.10. The maximum atomic E-state index is 13.0. The summed E-state index contributed by atoms with van der Waals surface area (Å²) in [6, 6.07) is 17.8. The van der Waals surface area contributed by atoms with Gasteiger partial charge in [-0.05, 0) is 54.8 Å². The van der Waals surface area contributed by atoms with Gasteiger partial charge >= 0.3 is 5.69 Å². The van der Waals surface area contributed by atoms with Gasteiger partial charge in [-0.15, -0.1) is 0 Å². The first-order valence-electron chi connectivity index (χ1n) is 9.69. The Morgan fingerprint density at radius 3 is 1.84 bits per heavy atom. The van der Waals surface area contributed by atoms with Crippen LogP contribution in [0.4, 0.5) is 17.1 Å². The Hall–Kier alpha value is -4.46. The van der Waals surface area contributed by atoms with E-state index in [0.29, 0.717) is 11.4 Å². The Labute approximate surface area is 184 Å². The number of carbonyl (C=O) groups excluding carboxylic acids is 2. The molecule has 0 aliphatic carbocycles. The number of para-hydroxylation sites is 2. The van der Waals surface area contributed by atoms with E-state index in [4.69, 9.17) is 0 Å². The number of benzene rings is 3. The van der Waals surface area contributed by atoms with Crippen LogP contribution in [0, 0.1) is 24.0 Å². The molecule has 0 heterocycles. The number of nitro benzene ring substituents is 1. The maximum absolute atomic E-state index is 13.0. The molecule has 0 radical (unpaired) electrons. The zero-order valence-corrected chi connectivity index (χ0v) is 17.5. The summed E-state index contributed by atoms with van der Waals surface area (Å²) >= 11 is 0. The number of hydrogen-bond acceptors (Lipinski definition) is 5. The molecule has 162 valence electrons. The van der Waals surface area contributed by atoms with Crippen LogP contribution in [0.25, 0.3) is 6.08 Å². The van der Waals surface area contributed by atoms with E-state index < -0.39 is 28.2 Å². The van der Waals surface area contributed by atoms with Crippen LogP contribution in [0.1, 0.15) is 16.7 Å². The summed E-state index contributed by atoms with van der Waals surface area (Å²) in [7, 11) is 0. The Morgan fingerprint density at radius 1 is 0.875 bits per heavy atom. The molecular weight excluding hydrogens is 410 g/mol. The van der Waals surface area contributed by atoms with Gasteiger partial charge in [0.25, 0.3) is 11.8 Å². The highest BCUT2D eigenvalue weighted by Crippen LogP contribution is 2.28. The normalized spacial score (nSPS) is 10.2. The van der Waals surface area contributed by atoms with E-state index in [-0.39, 0.29) is 11.1 Å². The van der Waals surface area contributed by atoms with Crippen LogP contribution < -0.4 is 10.6 Å². The first kappa shape index (κ1) is 22.2. The lowest BCUT2D eigenvalue weighted by Crippen LogP contribution is -2.25. The molecule has 0 aromatic heterocycles. The molecule has 3 aromatic carbocycles. The predicted molar refractivity (Wildman–Crippen MR) is 122 cm³/mol. The van der Waals surface area contributed by atoms with Gasteiger partial charge in [-0.2, -0.15) is 0 Å². The van der Waals surface area contributed by atoms with Crippen molar-refractivity contribution in [1.29, 1.82) is 0 Å². The van der Waals surface area contributed by atoms with Gasteiger partial charge in [-0.3, -0.25) is 19.7 Å². The average molecular weight is 431 g/mol. The van der Waals surface area contributed by atoms with Crippen molar-refractivity contribution >= 4 is 35.0 Å². The van der Waals surface area contributed by atoms with Crippen molar-refractivity contribution < 1.29 is 19.6 Å². The Morgan fingerprint density at radius 2 is 1.38 bits per heavy atom. The molecule has 0 fully saturated rings. The number of hydrogen-bond donors (Lipinski definition) is 3. The minimum Gasteiger partial charge on any atom is -0.502 e. The average Bonchev–Trinajstić information content (AvgIpc) is 2.76. The van der Waals surface area contributed by atoms with Gasteiger partial charge in [0.05, 0.1) is 4.92 Å². The van der Waals surface area contributed by atoms with Gasteiger partial charge in [0, 0.05) is 17.4 Å². The van der Waals surface area contributed by atoms with Gasteiger partial charge in [-0.25, -0.2) is 0 Å². The summed E-state index contributed by atoms with van der Waals surface area (Å²) in [5, 5.41) is 26.3. The molecule has 0 saturated carbocycles. The van der Waals surface area contributed by atoms with E-state index in [1.165, 1.54) is 12.1 Å². The molecule has 0 aliphatic rings. The van der Waals surface area contributed by atoms with E-state index >= 15 is 0 Å². The van der Waals surface area contributed by atoms with Crippen molar-refractivity contribution in [3.05, 3.63) is 99.1 Å². The second-order valence-electron chi connectivity index (χ2n) is 7.10. The van der Waals surface area contributed by atoms with Gasteiger partial charge < -0.3 is 15.7 Å². The number of amides is 2. The maximum Gasteiger partial charge on any atom is 0.311 e. The topological polar surface area (TPSA) is 122 Å². The quantitative estimate of drug-likeness (QED) is 0.173. The number of phenols is 1. The molecule has 2 amide bonds. The standard InChI is InChI=1S/C24H21N3O5/c1-15-7-3-5-9-19(15)25-23(29)18(24(30)26-20-10-6-4-8-16(20)2)13-17-11-12-22(28)21(14-17)27(31)32/h3-14,28H,1-2H3,(H,25,29)(H,26,30). The third-order valence-electron chi connectivity index (χ3n) is 4.78. The highest BCUT2D eigenvalue weighted by atomic mass is 16.6. The molecule has 8 heteroatoms. The number of anilines is 2. The lowest BCUT2D eigenvalue weighted by Gasteiger charge is -2.13. The van der Waals surface area contributed by atoms with Gasteiger partial charge in [0.1, 0.15) is 5.57 Å². The van der Waals surface area contributed by atoms with Crippen LogP contribution in [0.15, 0.2) is 72.3 Å². The highest BCUT2D eigenvalue weighted by molar-refractivity contribution is 6.29. The smallest absolute Gasteiger partial charge is 0.311 e. The van der Waals surface area contributed by atoms with Crippen molar-refractivity contribution in [2.45, 2.75) is 13.8 Å². The Kier molecular flexibility index (Phi) is 6.65. The minimum absolute atomic E-state index is 0.212. The summed E-state index contributed by atoms with van der Waals surface area (Å²) in [6.07, 6.45) is 1.24. The predicted octanol–water partition coefficient (Wildman–Crippen LogP) is 4.58. The van der Waals surface area contributed by atoms with E-state index in [1.54, 1.807) is 24.3 Å². The molecule has 3 rings (SSSR count). The third-order valence-corrected chi connectivity index (χ3v) is 4.78. The number of carbonyl (C=O) groups is 2. The number of aryl methyl sites for hydroxylation is 2. The zero-order chi connectivity index (χ0) is 23.3. The number of rotatable bonds is 6. The van der Waals surface area contributed by atoms with Gasteiger partial charge in [0.15, 0.2) is 5.75 Å². The molecule has 3 N–H and O–H groups in total. The molecule has 3 aromatic rings. The van der Waals surface area contributed by atoms with E-state index in [2.05, 4.69) is 10.6 Å². The lowest BCUT2D eigenvalue weighted by atomic mass is 10.1. The van der Waals surface area contributed by atoms with E-state index in [0.717, 1.165) is 23.3 Å². The minimum atomic E-state index is -0.743. The fourth-order valence-electron chi connectivity index (χ4n) is 2.98. The molecule has 8 nitrogen and oxygen atoms in total. The van der Waals surface area contributed by atoms with Crippen LogP contribution in [-0.2, 0) is 9.59 Å². The van der Waals surface area contributed by atoms with Crippen LogP contribution >= 0.6 is 0 Å². The van der Waals surface area contributed by atoms with Crippen molar-refractivity contribution in [1.82, 2.24) is 0 Å². The van der Waals surface area contributed by atoms with Crippen molar-refractivity contribution in [3.63, 3.8) is 0 Å². The summed E-state index contributed by atoms with van der Waals surface area (Å²) in [6.45, 7) is 3.63. The fourth-order valence-corrected chi connectivity index (χ4v) is 2.98. The molecule has 0 saturated heterocycles. The van der Waals surface area contributed by atoms with Crippen LogP contribution in [0.3, 0.4) is 0 Å². The largest absolute Gasteiger partial charge is 0.502 e. The first-order chi connectivity index (χ1) is 15.3. The van der Waals surface area contributed by atoms with Gasteiger partial charge in [-0.1, -0.05) is 42.5 Å². The first-order valence-corrected chi connectivity index (χ1v) is 9.69. The second kappa shape index (κ2) is 9.57. The van der Waals surface area contributed by atoms with E-state index in [1.807, 2.05) is 38.1 Å². The number of nitrogens with one attached hydrogen (secondary N) is 2. The van der Waals surface area contributed by atoms with Gasteiger partial charge in [0.2, 0.25) is 0 Å². The second-order valence-corrected chi connectivity index (χ2v) is 7.10. The molecule has 0 atom stereocenters. The number of nitrogens with zero attached hydrogens (tertiary/aromatic N) is 1. The molecular formula is C24H21N3O5. The SMILES string of the molecule is Cc1ccccc1NC(=O)C(=Cc1ccc(O)c([N+](=O)[O-])c1)C(=O)Nc1ccccc1C. The monoisotopic (exact) mass is 431 g/mol. The molecule has 0 spiro atoms. The van der Waals surface area contributed by atoms with Crippen molar-refractivity contribution in [3.8, 4) is 5.75 Å². The van der Waals surface area contributed by atoms with Crippen LogP contribution in [0.5, 0.6) is 5.75 Å². The molecule has 32 heavy (non-hydrogen) atoms.